The molecular weight excluding hydrogens is 256 g/mol. The van der Waals surface area contributed by atoms with Crippen molar-refractivity contribution in [1.82, 2.24) is 10.6 Å². The number of carbonyl (C=O) groups excluding carboxylic acids is 1. The lowest BCUT2D eigenvalue weighted by molar-refractivity contribution is 0.0697. The SMILES string of the molecule is CC1CC1CNC(=O)NCCc1ccc(C(=O)O)cc1. The van der Waals surface area contributed by atoms with Gasteiger partial charge in [0.25, 0.3) is 0 Å². The molecule has 1 aliphatic rings. The van der Waals surface area contributed by atoms with Gasteiger partial charge in [0.15, 0.2) is 0 Å². The highest BCUT2D eigenvalue weighted by molar-refractivity contribution is 5.87. The Labute approximate surface area is 118 Å². The summed E-state index contributed by atoms with van der Waals surface area (Å²) in [6.45, 7) is 3.48. The number of amides is 2. The quantitative estimate of drug-likeness (QED) is 0.742. The van der Waals surface area contributed by atoms with Crippen molar-refractivity contribution in [3.8, 4) is 0 Å². The number of benzene rings is 1. The minimum absolute atomic E-state index is 0.133. The average molecular weight is 276 g/mol. The highest BCUT2D eigenvalue weighted by Gasteiger charge is 2.32. The summed E-state index contributed by atoms with van der Waals surface area (Å²) in [6.07, 6.45) is 1.89. The Balaban J connectivity index is 1.64. The highest BCUT2D eigenvalue weighted by Crippen LogP contribution is 2.36. The van der Waals surface area contributed by atoms with Gasteiger partial charge in [0.05, 0.1) is 5.56 Å². The van der Waals surface area contributed by atoms with E-state index < -0.39 is 5.97 Å². The van der Waals surface area contributed by atoms with Crippen LogP contribution in [0, 0.1) is 11.8 Å². The van der Waals surface area contributed by atoms with Crippen molar-refractivity contribution in [1.29, 1.82) is 0 Å². The van der Waals surface area contributed by atoms with Crippen LogP contribution in [0.15, 0.2) is 24.3 Å². The van der Waals surface area contributed by atoms with E-state index in [-0.39, 0.29) is 11.6 Å². The zero-order valence-corrected chi connectivity index (χ0v) is 11.6. The van der Waals surface area contributed by atoms with E-state index in [1.807, 2.05) is 0 Å². The Hall–Kier alpha value is -2.04. The molecular formula is C15H20N2O3. The number of hydrogen-bond acceptors (Lipinski definition) is 2. The summed E-state index contributed by atoms with van der Waals surface area (Å²) in [4.78, 5) is 22.2. The summed E-state index contributed by atoms with van der Waals surface area (Å²) in [5.41, 5.74) is 1.28. The average Bonchev–Trinajstić information content (AvgIpc) is 3.13. The van der Waals surface area contributed by atoms with E-state index in [1.54, 1.807) is 24.3 Å². The number of aromatic carboxylic acids is 1. The summed E-state index contributed by atoms with van der Waals surface area (Å²) in [5, 5.41) is 14.4. The van der Waals surface area contributed by atoms with Crippen molar-refractivity contribution in [2.24, 2.45) is 11.8 Å². The summed E-state index contributed by atoms with van der Waals surface area (Å²) in [6, 6.07) is 6.56. The van der Waals surface area contributed by atoms with Crippen molar-refractivity contribution in [3.63, 3.8) is 0 Å². The van der Waals surface area contributed by atoms with E-state index in [4.69, 9.17) is 5.11 Å². The second-order valence-corrected chi connectivity index (χ2v) is 5.36. The Morgan fingerprint density at radius 3 is 2.45 bits per heavy atom. The van der Waals surface area contributed by atoms with E-state index >= 15 is 0 Å². The normalized spacial score (nSPS) is 20.2. The lowest BCUT2D eigenvalue weighted by Gasteiger charge is -2.07. The molecule has 2 amide bonds. The molecule has 3 N–H and O–H groups in total. The summed E-state index contributed by atoms with van der Waals surface area (Å²) in [7, 11) is 0. The van der Waals surface area contributed by atoms with Crippen molar-refractivity contribution in [2.75, 3.05) is 13.1 Å². The molecule has 0 bridgehead atoms. The van der Waals surface area contributed by atoms with Gasteiger partial charge in [0.1, 0.15) is 0 Å². The van der Waals surface area contributed by atoms with Gasteiger partial charge in [-0.2, -0.15) is 0 Å². The minimum atomic E-state index is -0.927. The van der Waals surface area contributed by atoms with Crippen LogP contribution < -0.4 is 10.6 Å². The standard InChI is InChI=1S/C15H20N2O3/c1-10-8-13(10)9-17-15(20)16-7-6-11-2-4-12(5-3-11)14(18)19/h2-5,10,13H,6-9H2,1H3,(H,18,19)(H2,16,17,20). The molecule has 1 aromatic carbocycles. The molecule has 2 rings (SSSR count). The number of rotatable bonds is 6. The van der Waals surface area contributed by atoms with Crippen LogP contribution in [0.1, 0.15) is 29.3 Å². The first-order valence-electron chi connectivity index (χ1n) is 6.90. The smallest absolute Gasteiger partial charge is 0.335 e. The zero-order valence-electron chi connectivity index (χ0n) is 11.6. The Morgan fingerprint density at radius 2 is 1.90 bits per heavy atom. The molecule has 0 aliphatic heterocycles. The number of carboxylic acid groups (broad SMARTS) is 1. The van der Waals surface area contributed by atoms with Gasteiger partial charge in [-0.15, -0.1) is 0 Å². The largest absolute Gasteiger partial charge is 0.478 e. The first-order chi connectivity index (χ1) is 9.56. The minimum Gasteiger partial charge on any atom is -0.478 e. The van der Waals surface area contributed by atoms with Gasteiger partial charge in [-0.1, -0.05) is 19.1 Å². The third-order valence-corrected chi connectivity index (χ3v) is 3.70. The van der Waals surface area contributed by atoms with Crippen molar-refractivity contribution in [2.45, 2.75) is 19.8 Å². The van der Waals surface area contributed by atoms with Crippen LogP contribution in [-0.2, 0) is 6.42 Å². The summed E-state index contributed by atoms with van der Waals surface area (Å²) in [5.74, 6) is 0.454. The third-order valence-electron chi connectivity index (χ3n) is 3.70. The zero-order chi connectivity index (χ0) is 14.5. The molecule has 20 heavy (non-hydrogen) atoms. The first kappa shape index (κ1) is 14.4. The van der Waals surface area contributed by atoms with E-state index in [0.717, 1.165) is 18.0 Å². The van der Waals surface area contributed by atoms with Crippen LogP contribution in [0.4, 0.5) is 4.79 Å². The number of nitrogens with one attached hydrogen (secondary N) is 2. The van der Waals surface area contributed by atoms with Gasteiger partial charge in [0, 0.05) is 13.1 Å². The molecule has 0 spiro atoms. The molecule has 2 unspecified atom stereocenters. The van der Waals surface area contributed by atoms with Gasteiger partial charge >= 0.3 is 12.0 Å². The summed E-state index contributed by atoms with van der Waals surface area (Å²) < 4.78 is 0. The van der Waals surface area contributed by atoms with Crippen LogP contribution >= 0.6 is 0 Å². The van der Waals surface area contributed by atoms with Crippen molar-refractivity contribution < 1.29 is 14.7 Å². The van der Waals surface area contributed by atoms with Crippen LogP contribution in [0.5, 0.6) is 0 Å². The maximum atomic E-state index is 11.5. The number of carbonyl (C=O) groups is 2. The van der Waals surface area contributed by atoms with Crippen LogP contribution in [0.2, 0.25) is 0 Å². The molecule has 0 radical (unpaired) electrons. The Kier molecular flexibility index (Phi) is 4.61. The molecule has 1 aliphatic carbocycles. The monoisotopic (exact) mass is 276 g/mol. The molecule has 0 heterocycles. The molecule has 2 atom stereocenters. The molecule has 108 valence electrons. The Morgan fingerprint density at radius 1 is 1.25 bits per heavy atom. The van der Waals surface area contributed by atoms with Crippen LogP contribution in [0.3, 0.4) is 0 Å². The first-order valence-corrected chi connectivity index (χ1v) is 6.90. The van der Waals surface area contributed by atoms with E-state index in [2.05, 4.69) is 17.6 Å². The van der Waals surface area contributed by atoms with E-state index in [9.17, 15) is 9.59 Å². The number of carboxylic acids is 1. The summed E-state index contributed by atoms with van der Waals surface area (Å²) >= 11 is 0. The fourth-order valence-electron chi connectivity index (χ4n) is 2.10. The van der Waals surface area contributed by atoms with Crippen LogP contribution in [-0.4, -0.2) is 30.2 Å². The van der Waals surface area contributed by atoms with Crippen molar-refractivity contribution >= 4 is 12.0 Å². The number of hydrogen-bond donors (Lipinski definition) is 3. The molecule has 0 saturated heterocycles. The molecule has 1 fully saturated rings. The molecule has 0 aromatic heterocycles. The second-order valence-electron chi connectivity index (χ2n) is 5.36. The predicted octanol–water partition coefficient (Wildman–Crippen LogP) is 1.88. The fourth-order valence-corrected chi connectivity index (χ4v) is 2.10. The maximum Gasteiger partial charge on any atom is 0.335 e. The Bertz CT molecular complexity index is 484. The van der Waals surface area contributed by atoms with E-state index in [1.165, 1.54) is 6.42 Å². The molecule has 5 heteroatoms. The fraction of sp³-hybridized carbons (Fsp3) is 0.467. The molecule has 5 nitrogen and oxygen atoms in total. The highest BCUT2D eigenvalue weighted by atomic mass is 16.4. The predicted molar refractivity (Wildman–Crippen MR) is 75.8 cm³/mol. The maximum absolute atomic E-state index is 11.5. The van der Waals surface area contributed by atoms with Gasteiger partial charge in [-0.05, 0) is 42.4 Å². The lowest BCUT2D eigenvalue weighted by Crippen LogP contribution is -2.37. The van der Waals surface area contributed by atoms with E-state index in [0.29, 0.717) is 18.9 Å². The topological polar surface area (TPSA) is 78.4 Å². The van der Waals surface area contributed by atoms with Gasteiger partial charge in [0.2, 0.25) is 0 Å². The second kappa shape index (κ2) is 6.41. The lowest BCUT2D eigenvalue weighted by atomic mass is 10.1. The molecule has 1 aromatic rings. The molecule has 1 saturated carbocycles. The van der Waals surface area contributed by atoms with Crippen molar-refractivity contribution in [3.05, 3.63) is 35.4 Å². The number of urea groups is 1. The van der Waals surface area contributed by atoms with Gasteiger partial charge in [-0.3, -0.25) is 0 Å². The van der Waals surface area contributed by atoms with Gasteiger partial charge < -0.3 is 15.7 Å². The van der Waals surface area contributed by atoms with Crippen LogP contribution in [0.25, 0.3) is 0 Å². The van der Waals surface area contributed by atoms with Gasteiger partial charge in [-0.25, -0.2) is 9.59 Å². The third kappa shape index (κ3) is 4.26.